The summed E-state index contributed by atoms with van der Waals surface area (Å²) in [7, 11) is -3.61. The SMILES string of the molecule is CC(C)C[C@@H](CO)NC(=O)CCS(=O)(=O)c1ccccc1Cl. The Bertz CT molecular complexity index is 601. The maximum atomic E-state index is 12.2. The Labute approximate surface area is 136 Å². The summed E-state index contributed by atoms with van der Waals surface area (Å²) in [5.41, 5.74) is 0. The lowest BCUT2D eigenvalue weighted by Gasteiger charge is -2.18. The monoisotopic (exact) mass is 347 g/mol. The molecule has 0 unspecified atom stereocenters. The summed E-state index contributed by atoms with van der Waals surface area (Å²) in [5, 5.41) is 12.0. The maximum absolute atomic E-state index is 12.2. The maximum Gasteiger partial charge on any atom is 0.221 e. The summed E-state index contributed by atoms with van der Waals surface area (Å²) in [4.78, 5) is 11.9. The number of sulfone groups is 1. The molecule has 1 amide bonds. The fraction of sp³-hybridized carbons (Fsp3) is 0.533. The predicted octanol–water partition coefficient (Wildman–Crippen LogP) is 2.03. The standard InChI is InChI=1S/C15H22ClNO4S/c1-11(2)9-12(10-18)17-15(19)7-8-22(20,21)14-6-4-3-5-13(14)16/h3-6,11-12,18H,7-10H2,1-2H3,(H,17,19)/t12-/m0/s1. The average molecular weight is 348 g/mol. The van der Waals surface area contributed by atoms with E-state index >= 15 is 0 Å². The van der Waals surface area contributed by atoms with Crippen molar-refractivity contribution in [2.24, 2.45) is 5.92 Å². The van der Waals surface area contributed by atoms with Gasteiger partial charge in [0.25, 0.3) is 0 Å². The number of aliphatic hydroxyl groups excluding tert-OH is 1. The molecule has 0 spiro atoms. The number of carbonyl (C=O) groups excluding carboxylic acids is 1. The van der Waals surface area contributed by atoms with Gasteiger partial charge in [0.15, 0.2) is 9.84 Å². The Morgan fingerprint density at radius 1 is 1.32 bits per heavy atom. The van der Waals surface area contributed by atoms with Crippen LogP contribution in [0.1, 0.15) is 26.7 Å². The van der Waals surface area contributed by atoms with Gasteiger partial charge in [-0.05, 0) is 24.5 Å². The van der Waals surface area contributed by atoms with E-state index < -0.39 is 15.7 Å². The molecular formula is C15H22ClNO4S. The van der Waals surface area contributed by atoms with E-state index in [1.165, 1.54) is 12.1 Å². The summed E-state index contributed by atoms with van der Waals surface area (Å²) < 4.78 is 24.4. The molecule has 0 aliphatic carbocycles. The number of rotatable bonds is 8. The molecule has 5 nitrogen and oxygen atoms in total. The Balaban J connectivity index is 2.61. The quantitative estimate of drug-likeness (QED) is 0.753. The molecule has 0 aliphatic rings. The number of benzene rings is 1. The molecule has 0 bridgehead atoms. The second-order valence-electron chi connectivity index (χ2n) is 5.58. The Morgan fingerprint density at radius 3 is 2.50 bits per heavy atom. The number of hydrogen-bond acceptors (Lipinski definition) is 4. The van der Waals surface area contributed by atoms with E-state index in [9.17, 15) is 18.3 Å². The molecule has 0 aliphatic heterocycles. The zero-order valence-electron chi connectivity index (χ0n) is 12.8. The molecule has 2 N–H and O–H groups in total. The van der Waals surface area contributed by atoms with Crippen LogP contribution >= 0.6 is 11.6 Å². The first-order valence-electron chi connectivity index (χ1n) is 7.13. The van der Waals surface area contributed by atoms with Gasteiger partial charge in [0.2, 0.25) is 5.91 Å². The summed E-state index contributed by atoms with van der Waals surface area (Å²) in [6.45, 7) is 3.80. The minimum atomic E-state index is -3.61. The van der Waals surface area contributed by atoms with Crippen LogP contribution in [0.25, 0.3) is 0 Å². The van der Waals surface area contributed by atoms with Crippen LogP contribution in [0.3, 0.4) is 0 Å². The van der Waals surface area contributed by atoms with Crippen LogP contribution in [-0.4, -0.2) is 37.8 Å². The highest BCUT2D eigenvalue weighted by molar-refractivity contribution is 7.91. The zero-order valence-corrected chi connectivity index (χ0v) is 14.3. The fourth-order valence-electron chi connectivity index (χ4n) is 2.08. The third-order valence-corrected chi connectivity index (χ3v) is 5.32. The number of carbonyl (C=O) groups is 1. The van der Waals surface area contributed by atoms with Crippen LogP contribution in [0.4, 0.5) is 0 Å². The second kappa shape index (κ2) is 8.50. The van der Waals surface area contributed by atoms with Crippen LogP contribution in [0.5, 0.6) is 0 Å². The van der Waals surface area contributed by atoms with Gasteiger partial charge >= 0.3 is 0 Å². The number of amides is 1. The van der Waals surface area contributed by atoms with Gasteiger partial charge in [-0.3, -0.25) is 4.79 Å². The topological polar surface area (TPSA) is 83.5 Å². The lowest BCUT2D eigenvalue weighted by atomic mass is 10.0. The molecule has 1 atom stereocenters. The fourth-order valence-corrected chi connectivity index (χ4v) is 3.90. The Hall–Kier alpha value is -1.11. The number of hydrogen-bond donors (Lipinski definition) is 2. The van der Waals surface area contributed by atoms with Gasteiger partial charge in [-0.15, -0.1) is 0 Å². The molecule has 1 aromatic rings. The molecule has 0 heterocycles. The van der Waals surface area contributed by atoms with Crippen molar-refractivity contribution in [1.82, 2.24) is 5.32 Å². The van der Waals surface area contributed by atoms with E-state index in [0.29, 0.717) is 12.3 Å². The second-order valence-corrected chi connectivity index (χ2v) is 8.06. The van der Waals surface area contributed by atoms with E-state index in [4.69, 9.17) is 11.6 Å². The zero-order chi connectivity index (χ0) is 16.8. The molecule has 0 fully saturated rings. The van der Waals surface area contributed by atoms with Crippen molar-refractivity contribution in [2.75, 3.05) is 12.4 Å². The van der Waals surface area contributed by atoms with Crippen molar-refractivity contribution in [2.45, 2.75) is 37.6 Å². The number of aliphatic hydroxyl groups is 1. The minimum Gasteiger partial charge on any atom is -0.394 e. The van der Waals surface area contributed by atoms with Crippen molar-refractivity contribution in [3.8, 4) is 0 Å². The van der Waals surface area contributed by atoms with E-state index in [2.05, 4.69) is 5.32 Å². The van der Waals surface area contributed by atoms with Crippen LogP contribution in [0.15, 0.2) is 29.2 Å². The van der Waals surface area contributed by atoms with Crippen molar-refractivity contribution < 1.29 is 18.3 Å². The Morgan fingerprint density at radius 2 is 1.95 bits per heavy atom. The van der Waals surface area contributed by atoms with Gasteiger partial charge in [-0.25, -0.2) is 8.42 Å². The molecule has 22 heavy (non-hydrogen) atoms. The molecule has 0 radical (unpaired) electrons. The van der Waals surface area contributed by atoms with Gasteiger partial charge in [0.1, 0.15) is 0 Å². The predicted molar refractivity (Wildman–Crippen MR) is 86.6 cm³/mol. The van der Waals surface area contributed by atoms with Crippen molar-refractivity contribution in [3.63, 3.8) is 0 Å². The summed E-state index contributed by atoms with van der Waals surface area (Å²) in [6, 6.07) is 5.80. The van der Waals surface area contributed by atoms with E-state index in [1.54, 1.807) is 12.1 Å². The molecule has 1 rings (SSSR count). The minimum absolute atomic E-state index is 0.0327. The van der Waals surface area contributed by atoms with Crippen LogP contribution in [-0.2, 0) is 14.6 Å². The van der Waals surface area contributed by atoms with Crippen molar-refractivity contribution in [1.29, 1.82) is 0 Å². The highest BCUT2D eigenvalue weighted by Gasteiger charge is 2.20. The van der Waals surface area contributed by atoms with Gasteiger partial charge in [0.05, 0.1) is 28.3 Å². The van der Waals surface area contributed by atoms with Crippen LogP contribution in [0, 0.1) is 5.92 Å². The average Bonchev–Trinajstić information content (AvgIpc) is 2.44. The normalized spacial score (nSPS) is 13.1. The molecule has 0 saturated carbocycles. The molecule has 124 valence electrons. The molecule has 7 heteroatoms. The first-order valence-corrected chi connectivity index (χ1v) is 9.16. The van der Waals surface area contributed by atoms with Gasteiger partial charge in [-0.1, -0.05) is 37.6 Å². The highest BCUT2D eigenvalue weighted by atomic mass is 35.5. The van der Waals surface area contributed by atoms with Crippen LogP contribution in [0.2, 0.25) is 5.02 Å². The van der Waals surface area contributed by atoms with E-state index in [-0.39, 0.29) is 34.7 Å². The molecular weight excluding hydrogens is 326 g/mol. The number of halogens is 1. The third-order valence-electron chi connectivity index (χ3n) is 3.11. The van der Waals surface area contributed by atoms with Crippen LogP contribution < -0.4 is 5.32 Å². The highest BCUT2D eigenvalue weighted by Crippen LogP contribution is 2.22. The molecule has 0 aromatic heterocycles. The molecule has 1 aromatic carbocycles. The van der Waals surface area contributed by atoms with E-state index in [0.717, 1.165) is 0 Å². The van der Waals surface area contributed by atoms with Gasteiger partial charge in [-0.2, -0.15) is 0 Å². The largest absolute Gasteiger partial charge is 0.394 e. The van der Waals surface area contributed by atoms with Gasteiger partial charge in [0, 0.05) is 6.42 Å². The lowest BCUT2D eigenvalue weighted by molar-refractivity contribution is -0.121. The van der Waals surface area contributed by atoms with E-state index in [1.807, 2.05) is 13.8 Å². The third kappa shape index (κ3) is 5.94. The molecule has 0 saturated heterocycles. The number of nitrogens with one attached hydrogen (secondary N) is 1. The van der Waals surface area contributed by atoms with Crippen molar-refractivity contribution in [3.05, 3.63) is 29.3 Å². The Kier molecular flexibility index (Phi) is 7.32. The summed E-state index contributed by atoms with van der Waals surface area (Å²) >= 11 is 5.88. The van der Waals surface area contributed by atoms with Crippen molar-refractivity contribution >= 4 is 27.3 Å². The lowest BCUT2D eigenvalue weighted by Crippen LogP contribution is -2.39. The first kappa shape index (κ1) is 18.9. The summed E-state index contributed by atoms with van der Waals surface area (Å²) in [6.07, 6.45) is 0.474. The van der Waals surface area contributed by atoms with Gasteiger partial charge < -0.3 is 10.4 Å². The first-order chi connectivity index (χ1) is 10.3. The smallest absolute Gasteiger partial charge is 0.221 e. The summed E-state index contributed by atoms with van der Waals surface area (Å²) in [5.74, 6) is -0.387.